The van der Waals surface area contributed by atoms with Crippen LogP contribution in [0.25, 0.3) is 0 Å². The second-order valence-electron chi connectivity index (χ2n) is 9.62. The maximum absolute atomic E-state index is 7.52. The van der Waals surface area contributed by atoms with Crippen LogP contribution in [0.15, 0.2) is 91.0 Å². The van der Waals surface area contributed by atoms with E-state index in [2.05, 4.69) is 112 Å². The fourth-order valence-electron chi connectivity index (χ4n) is 5.24. The van der Waals surface area contributed by atoms with E-state index < -0.39 is 8.32 Å². The quantitative estimate of drug-likeness (QED) is 0.446. The summed E-state index contributed by atoms with van der Waals surface area (Å²) < 4.78 is 7.52. The van der Waals surface area contributed by atoms with Crippen molar-refractivity contribution in [2.75, 3.05) is 0 Å². The van der Waals surface area contributed by atoms with Gasteiger partial charge in [-0.2, -0.15) is 0 Å². The van der Waals surface area contributed by atoms with E-state index in [1.165, 1.54) is 35.2 Å². The molecule has 4 rings (SSSR count). The van der Waals surface area contributed by atoms with Gasteiger partial charge in [-0.25, -0.2) is 0 Å². The lowest BCUT2D eigenvalue weighted by molar-refractivity contribution is 0.119. The highest BCUT2D eigenvalue weighted by atomic mass is 28.4. The molecule has 156 valence electrons. The summed E-state index contributed by atoms with van der Waals surface area (Å²) in [6.07, 6.45) is 5.16. The molecule has 3 aromatic carbocycles. The third kappa shape index (κ3) is 4.04. The Hall–Kier alpha value is -2.16. The van der Waals surface area contributed by atoms with E-state index in [4.69, 9.17) is 4.43 Å². The Labute approximate surface area is 183 Å². The van der Waals surface area contributed by atoms with E-state index in [0.29, 0.717) is 5.92 Å². The first-order chi connectivity index (χ1) is 14.5. The van der Waals surface area contributed by atoms with E-state index in [9.17, 15) is 0 Å². The minimum Gasteiger partial charge on any atom is -0.404 e. The van der Waals surface area contributed by atoms with E-state index in [0.717, 1.165) is 6.42 Å². The summed E-state index contributed by atoms with van der Waals surface area (Å²) in [5.74, 6) is 0.474. The van der Waals surface area contributed by atoms with Crippen LogP contribution in [-0.2, 0) is 4.43 Å². The molecule has 1 saturated carbocycles. The fourth-order valence-corrected chi connectivity index (χ4v) is 9.99. The van der Waals surface area contributed by atoms with Crippen LogP contribution in [0, 0.1) is 0 Å². The summed E-state index contributed by atoms with van der Waals surface area (Å²) in [5, 5.41) is 2.77. The Balaban J connectivity index is 1.84. The van der Waals surface area contributed by atoms with E-state index >= 15 is 0 Å². The highest BCUT2D eigenvalue weighted by molar-refractivity contribution is 6.99. The van der Waals surface area contributed by atoms with Crippen molar-refractivity contribution < 1.29 is 4.43 Å². The van der Waals surface area contributed by atoms with Gasteiger partial charge in [-0.3, -0.25) is 0 Å². The smallest absolute Gasteiger partial charge is 0.261 e. The highest BCUT2D eigenvalue weighted by Gasteiger charge is 2.52. The highest BCUT2D eigenvalue weighted by Crippen LogP contribution is 2.42. The average molecular weight is 415 g/mol. The Morgan fingerprint density at radius 2 is 1.13 bits per heavy atom. The normalized spacial score (nSPS) is 20.1. The largest absolute Gasteiger partial charge is 0.404 e. The Bertz CT molecular complexity index is 876. The zero-order valence-corrected chi connectivity index (χ0v) is 19.6. The molecule has 0 aliphatic heterocycles. The van der Waals surface area contributed by atoms with Crippen LogP contribution >= 0.6 is 0 Å². The third-order valence-corrected chi connectivity index (χ3v) is 11.7. The molecule has 0 aromatic heterocycles. The van der Waals surface area contributed by atoms with E-state index in [-0.39, 0.29) is 11.1 Å². The summed E-state index contributed by atoms with van der Waals surface area (Å²) in [4.78, 5) is 0. The van der Waals surface area contributed by atoms with Gasteiger partial charge in [0.15, 0.2) is 0 Å². The average Bonchev–Trinajstić information content (AvgIpc) is 2.79. The monoisotopic (exact) mass is 414 g/mol. The standard InChI is InChI=1S/C28H34OSi/c1-28(2,3)30(24-17-9-5-10-18-24,25-19-11-6-12-20-25)29-27-22-14-13-21-26(27)23-15-7-4-8-16-23/h4-12,15-20,26-27H,13-14,21-22H2,1-3H3/t26-,27+/m0/s1. The van der Waals surface area contributed by atoms with Gasteiger partial charge < -0.3 is 4.43 Å². The molecule has 0 spiro atoms. The lowest BCUT2D eigenvalue weighted by Crippen LogP contribution is -2.68. The van der Waals surface area contributed by atoms with Gasteiger partial charge >= 0.3 is 0 Å². The van der Waals surface area contributed by atoms with Crippen molar-refractivity contribution in [3.05, 3.63) is 96.6 Å². The number of hydrogen-bond donors (Lipinski definition) is 0. The Kier molecular flexibility index (Phi) is 6.26. The molecule has 0 unspecified atom stereocenters. The van der Waals surface area contributed by atoms with Gasteiger partial charge in [0, 0.05) is 5.92 Å². The van der Waals surface area contributed by atoms with Crippen LogP contribution in [-0.4, -0.2) is 14.4 Å². The van der Waals surface area contributed by atoms with Crippen LogP contribution in [0.5, 0.6) is 0 Å². The Morgan fingerprint density at radius 3 is 1.63 bits per heavy atom. The summed E-state index contributed by atoms with van der Waals surface area (Å²) >= 11 is 0. The molecule has 1 fully saturated rings. The number of rotatable bonds is 5. The topological polar surface area (TPSA) is 9.23 Å². The van der Waals surface area contributed by atoms with Crippen molar-refractivity contribution in [1.29, 1.82) is 0 Å². The molecule has 3 aromatic rings. The van der Waals surface area contributed by atoms with Gasteiger partial charge in [0.05, 0.1) is 6.10 Å². The fraction of sp³-hybridized carbons (Fsp3) is 0.357. The van der Waals surface area contributed by atoms with Crippen LogP contribution in [0.1, 0.15) is 57.9 Å². The number of hydrogen-bond acceptors (Lipinski definition) is 1. The molecule has 0 amide bonds. The minimum atomic E-state index is -2.51. The maximum atomic E-state index is 7.52. The van der Waals surface area contributed by atoms with E-state index in [1.54, 1.807) is 0 Å². The van der Waals surface area contributed by atoms with Crippen molar-refractivity contribution in [1.82, 2.24) is 0 Å². The molecule has 30 heavy (non-hydrogen) atoms. The number of benzene rings is 3. The molecule has 2 atom stereocenters. The van der Waals surface area contributed by atoms with Gasteiger partial charge in [0.2, 0.25) is 0 Å². The first-order valence-electron chi connectivity index (χ1n) is 11.4. The van der Waals surface area contributed by atoms with Crippen molar-refractivity contribution >= 4 is 18.7 Å². The molecular formula is C28H34OSi. The molecule has 1 aliphatic rings. The summed E-state index contributed by atoms with van der Waals surface area (Å²) in [5.41, 5.74) is 1.43. The lowest BCUT2D eigenvalue weighted by atomic mass is 9.82. The summed E-state index contributed by atoms with van der Waals surface area (Å²) in [7, 11) is -2.51. The van der Waals surface area contributed by atoms with Gasteiger partial charge in [-0.15, -0.1) is 0 Å². The molecule has 0 N–H and O–H groups in total. The van der Waals surface area contributed by atoms with Crippen molar-refractivity contribution in [3.8, 4) is 0 Å². The molecule has 0 heterocycles. The van der Waals surface area contributed by atoms with Gasteiger partial charge in [-0.1, -0.05) is 125 Å². The first kappa shape index (κ1) is 21.1. The van der Waals surface area contributed by atoms with Gasteiger partial charge in [0.25, 0.3) is 8.32 Å². The minimum absolute atomic E-state index is 0.0222. The second-order valence-corrected chi connectivity index (χ2v) is 13.9. The predicted octanol–water partition coefficient (Wildman–Crippen LogP) is 6.29. The SMILES string of the molecule is CC(C)(C)[Si](O[C@@H]1CCCC[C@H]1c1ccccc1)(c1ccccc1)c1ccccc1. The van der Waals surface area contributed by atoms with Gasteiger partial charge in [-0.05, 0) is 33.8 Å². The van der Waals surface area contributed by atoms with Crippen LogP contribution < -0.4 is 10.4 Å². The lowest BCUT2D eigenvalue weighted by Gasteiger charge is -2.47. The molecule has 1 nitrogen and oxygen atoms in total. The van der Waals surface area contributed by atoms with Crippen LogP contribution in [0.2, 0.25) is 5.04 Å². The third-order valence-electron chi connectivity index (χ3n) is 6.68. The van der Waals surface area contributed by atoms with Gasteiger partial charge in [0.1, 0.15) is 0 Å². The molecule has 0 bridgehead atoms. The molecular weight excluding hydrogens is 380 g/mol. The van der Waals surface area contributed by atoms with Crippen molar-refractivity contribution in [2.45, 2.75) is 63.5 Å². The predicted molar refractivity (Wildman–Crippen MR) is 130 cm³/mol. The Morgan fingerprint density at radius 1 is 0.667 bits per heavy atom. The van der Waals surface area contributed by atoms with E-state index in [1.807, 2.05) is 0 Å². The summed E-state index contributed by atoms with van der Waals surface area (Å²) in [6.45, 7) is 7.12. The second kappa shape index (κ2) is 8.91. The zero-order valence-electron chi connectivity index (χ0n) is 18.6. The summed E-state index contributed by atoms with van der Waals surface area (Å²) in [6, 6.07) is 33.1. The van der Waals surface area contributed by atoms with Crippen molar-refractivity contribution in [2.24, 2.45) is 0 Å². The first-order valence-corrected chi connectivity index (χ1v) is 13.3. The molecule has 0 saturated heterocycles. The van der Waals surface area contributed by atoms with Crippen LogP contribution in [0.3, 0.4) is 0 Å². The zero-order chi connectivity index (χ0) is 21.0. The van der Waals surface area contributed by atoms with Crippen LogP contribution in [0.4, 0.5) is 0 Å². The van der Waals surface area contributed by atoms with Crippen molar-refractivity contribution in [3.63, 3.8) is 0 Å². The molecule has 1 aliphatic carbocycles. The maximum Gasteiger partial charge on any atom is 0.261 e. The molecule has 2 heteroatoms. The molecule has 0 radical (unpaired) electrons.